The number of benzene rings is 2. The van der Waals surface area contributed by atoms with Crippen LogP contribution in [0.15, 0.2) is 71.0 Å². The van der Waals surface area contributed by atoms with Crippen molar-refractivity contribution in [3.8, 4) is 5.69 Å². The predicted molar refractivity (Wildman–Crippen MR) is 134 cm³/mol. The lowest BCUT2D eigenvalue weighted by atomic mass is 10.2. The van der Waals surface area contributed by atoms with Crippen molar-refractivity contribution in [1.82, 2.24) is 14.5 Å². The highest BCUT2D eigenvalue weighted by Crippen LogP contribution is 2.54. The van der Waals surface area contributed by atoms with Crippen molar-refractivity contribution in [2.75, 3.05) is 12.1 Å². The summed E-state index contributed by atoms with van der Waals surface area (Å²) in [6, 6.07) is 19.3. The van der Waals surface area contributed by atoms with E-state index in [-0.39, 0.29) is 0 Å². The zero-order valence-corrected chi connectivity index (χ0v) is 20.2. The van der Waals surface area contributed by atoms with Crippen LogP contribution in [0.4, 0.5) is 11.5 Å². The Morgan fingerprint density at radius 2 is 1.84 bits per heavy atom. The van der Waals surface area contributed by atoms with E-state index in [0.717, 1.165) is 16.1 Å². The molecular weight excluding hydrogens is 461 g/mol. The molecule has 3 heterocycles. The molecule has 0 amide bonds. The molecule has 0 spiro atoms. The van der Waals surface area contributed by atoms with E-state index in [9.17, 15) is 4.57 Å². The monoisotopic (exact) mass is 481 g/mol. The molecule has 0 fully saturated rings. The first kappa shape index (κ1) is 21.0. The molecule has 1 unspecified atom stereocenters. The molecule has 0 saturated carbocycles. The summed E-state index contributed by atoms with van der Waals surface area (Å²) in [5, 5.41) is 11.2. The van der Waals surface area contributed by atoms with Gasteiger partial charge in [0.05, 0.1) is 16.3 Å². The van der Waals surface area contributed by atoms with E-state index in [1.54, 1.807) is 26.8 Å². The first-order chi connectivity index (χ1) is 15.4. The summed E-state index contributed by atoms with van der Waals surface area (Å²) < 4.78 is 18.3. The number of amidine groups is 1. The minimum absolute atomic E-state index is 0.573. The van der Waals surface area contributed by atoms with Gasteiger partial charge in [-0.1, -0.05) is 41.9 Å². The van der Waals surface area contributed by atoms with Crippen LogP contribution in [-0.4, -0.2) is 27.3 Å². The molecule has 4 aromatic rings. The molecule has 1 aliphatic heterocycles. The average Bonchev–Trinajstić information content (AvgIpc) is 3.42. The number of nitrogens with zero attached hydrogens (tertiary/aromatic N) is 4. The number of nitrogens with one attached hydrogen (secondary N) is 1. The summed E-state index contributed by atoms with van der Waals surface area (Å²) in [6.07, 6.45) is 0. The van der Waals surface area contributed by atoms with Crippen molar-refractivity contribution in [2.24, 2.45) is 4.99 Å². The number of aromatic nitrogens is 2. The van der Waals surface area contributed by atoms with Crippen molar-refractivity contribution >= 4 is 53.0 Å². The number of para-hydroxylation sites is 1. The normalized spacial score (nSPS) is 17.8. The maximum atomic E-state index is 14.8. The number of hydrogen-bond donors (Lipinski definition) is 1. The lowest BCUT2D eigenvalue weighted by Gasteiger charge is -2.34. The fourth-order valence-electron chi connectivity index (χ4n) is 3.76. The van der Waals surface area contributed by atoms with Gasteiger partial charge in [0.2, 0.25) is 0 Å². The van der Waals surface area contributed by atoms with Crippen molar-refractivity contribution in [2.45, 2.75) is 13.8 Å². The van der Waals surface area contributed by atoms with Gasteiger partial charge in [0.1, 0.15) is 5.30 Å². The molecule has 2 aromatic heterocycles. The van der Waals surface area contributed by atoms with Gasteiger partial charge in [-0.05, 0) is 55.1 Å². The Morgan fingerprint density at radius 3 is 2.53 bits per heavy atom. The van der Waals surface area contributed by atoms with E-state index < -0.39 is 7.44 Å². The van der Waals surface area contributed by atoms with Crippen molar-refractivity contribution in [3.63, 3.8) is 0 Å². The average molecular weight is 482 g/mol. The van der Waals surface area contributed by atoms with Crippen LogP contribution in [-0.2, 0) is 4.57 Å². The van der Waals surface area contributed by atoms with E-state index in [0.29, 0.717) is 33.4 Å². The number of anilines is 1. The molecule has 6 nitrogen and oxygen atoms in total. The Bertz CT molecular complexity index is 1380. The van der Waals surface area contributed by atoms with E-state index in [4.69, 9.17) is 21.7 Å². The summed E-state index contributed by atoms with van der Waals surface area (Å²) in [4.78, 5) is 5.88. The van der Waals surface area contributed by atoms with Gasteiger partial charge in [0, 0.05) is 17.8 Å². The summed E-state index contributed by atoms with van der Waals surface area (Å²) in [5.41, 5.74) is 3.17. The third-order valence-electron chi connectivity index (χ3n) is 5.44. The predicted octanol–water partition coefficient (Wildman–Crippen LogP) is 6.16. The topological polar surface area (TPSA) is 62.5 Å². The number of halogens is 1. The molecule has 0 bridgehead atoms. The summed E-state index contributed by atoms with van der Waals surface area (Å²) in [7, 11) is -1.56. The van der Waals surface area contributed by atoms with Crippen LogP contribution in [0.2, 0.25) is 5.02 Å². The minimum Gasteiger partial charge on any atom is -0.317 e. The Balaban J connectivity index is 1.74. The van der Waals surface area contributed by atoms with Gasteiger partial charge < -0.3 is 5.09 Å². The first-order valence-electron chi connectivity index (χ1n) is 10.1. The number of rotatable bonds is 4. The molecule has 2 aromatic carbocycles. The van der Waals surface area contributed by atoms with Crippen LogP contribution in [0.25, 0.3) is 5.69 Å². The molecule has 0 saturated heterocycles. The number of fused-ring (bicyclic) bond motifs is 1. The number of aryl methyl sites for hydroxylation is 2. The largest absolute Gasteiger partial charge is 0.317 e. The van der Waals surface area contributed by atoms with Gasteiger partial charge in [0.15, 0.2) is 11.7 Å². The number of aliphatic imine (C=N–C) groups is 1. The van der Waals surface area contributed by atoms with E-state index >= 15 is 0 Å². The summed E-state index contributed by atoms with van der Waals surface area (Å²) >= 11 is 7.91. The second-order valence-corrected chi connectivity index (χ2v) is 11.4. The molecule has 1 aliphatic rings. The first-order valence-corrected chi connectivity index (χ1v) is 13.0. The van der Waals surface area contributed by atoms with Gasteiger partial charge in [0.25, 0.3) is 7.44 Å². The van der Waals surface area contributed by atoms with Crippen molar-refractivity contribution in [1.29, 1.82) is 0 Å². The smallest absolute Gasteiger partial charge is 0.296 e. The van der Waals surface area contributed by atoms with Gasteiger partial charge in [-0.25, -0.2) is 9.67 Å². The lowest BCUT2D eigenvalue weighted by molar-refractivity contribution is 0.553. The fraction of sp³-hybridized carbons (Fsp3) is 0.130. The maximum absolute atomic E-state index is 14.8. The van der Waals surface area contributed by atoms with Crippen LogP contribution in [0.1, 0.15) is 16.1 Å². The standard InChI is InChI=1S/C23H21ClN5OPS/c1-15-11-12-17(14-19(15)24)27-31(30)21-16(2)26-29(18-8-5-4-6-9-18)23(21)25-22(28(31)3)20-10-7-13-32-20/h4-14H,1-3H3,(H,27,30). The molecule has 0 radical (unpaired) electrons. The Labute approximate surface area is 195 Å². The van der Waals surface area contributed by atoms with Crippen molar-refractivity contribution < 1.29 is 4.57 Å². The Kier molecular flexibility index (Phi) is 5.20. The van der Waals surface area contributed by atoms with E-state index in [1.165, 1.54) is 0 Å². The molecule has 162 valence electrons. The third kappa shape index (κ3) is 3.37. The highest BCUT2D eigenvalue weighted by Gasteiger charge is 2.43. The molecular formula is C23H21ClN5OPS. The lowest BCUT2D eigenvalue weighted by Crippen LogP contribution is -2.36. The van der Waals surface area contributed by atoms with Crippen LogP contribution in [0.3, 0.4) is 0 Å². The van der Waals surface area contributed by atoms with Crippen LogP contribution in [0.5, 0.6) is 0 Å². The minimum atomic E-state index is -3.37. The molecule has 1 atom stereocenters. The number of hydrogen-bond acceptors (Lipinski definition) is 4. The zero-order chi connectivity index (χ0) is 22.5. The van der Waals surface area contributed by atoms with Gasteiger partial charge in [-0.2, -0.15) is 5.10 Å². The second kappa shape index (κ2) is 7.93. The van der Waals surface area contributed by atoms with Crippen LogP contribution in [0, 0.1) is 13.8 Å². The molecule has 32 heavy (non-hydrogen) atoms. The molecule has 0 aliphatic carbocycles. The van der Waals surface area contributed by atoms with Gasteiger partial charge in [-0.3, -0.25) is 9.24 Å². The summed E-state index contributed by atoms with van der Waals surface area (Å²) in [6.45, 7) is 3.81. The van der Waals surface area contributed by atoms with Crippen LogP contribution < -0.4 is 10.4 Å². The zero-order valence-electron chi connectivity index (χ0n) is 17.8. The van der Waals surface area contributed by atoms with E-state index in [1.807, 2.05) is 80.9 Å². The maximum Gasteiger partial charge on any atom is 0.296 e. The third-order valence-corrected chi connectivity index (χ3v) is 9.44. The second-order valence-electron chi connectivity index (χ2n) is 7.59. The van der Waals surface area contributed by atoms with Crippen LogP contribution >= 0.6 is 30.4 Å². The highest BCUT2D eigenvalue weighted by atomic mass is 35.5. The quantitative estimate of drug-likeness (QED) is 0.355. The molecule has 1 N–H and O–H groups in total. The molecule has 9 heteroatoms. The molecule has 5 rings (SSSR count). The highest BCUT2D eigenvalue weighted by molar-refractivity contribution is 7.72. The fourth-order valence-corrected chi connectivity index (χ4v) is 7.12. The Hall–Kier alpha value is -2.86. The van der Waals surface area contributed by atoms with Gasteiger partial charge >= 0.3 is 0 Å². The number of thiophene rings is 1. The Morgan fingerprint density at radius 1 is 1.06 bits per heavy atom. The summed E-state index contributed by atoms with van der Waals surface area (Å²) in [5.74, 6) is 1.21. The van der Waals surface area contributed by atoms with E-state index in [2.05, 4.69) is 5.09 Å². The SMILES string of the molecule is Cc1ccc(NP2(=O)c3c(C)nn(-c4ccccc4)c3N=C(c3cccs3)N2C)cc1Cl. The van der Waals surface area contributed by atoms with Crippen molar-refractivity contribution in [3.05, 3.63) is 87.2 Å². The van der Waals surface area contributed by atoms with Gasteiger partial charge in [-0.15, -0.1) is 11.3 Å².